The van der Waals surface area contributed by atoms with Crippen LogP contribution in [-0.4, -0.2) is 19.5 Å². The van der Waals surface area contributed by atoms with Crippen LogP contribution in [0.5, 0.6) is 0 Å². The second-order valence-corrected chi connectivity index (χ2v) is 2.53. The van der Waals surface area contributed by atoms with Crippen molar-refractivity contribution in [2.75, 3.05) is 0 Å². The van der Waals surface area contributed by atoms with Crippen LogP contribution in [0.15, 0.2) is 15.8 Å². The first kappa shape index (κ1) is 12.0. The molecule has 1 heterocycles. The fourth-order valence-electron chi connectivity index (χ4n) is 0.914. The molecule has 0 spiro atoms. The van der Waals surface area contributed by atoms with Crippen molar-refractivity contribution < 1.29 is 10.4 Å². The van der Waals surface area contributed by atoms with Gasteiger partial charge in [-0.2, -0.15) is 0 Å². The van der Waals surface area contributed by atoms with E-state index in [2.05, 4.69) is 0 Å². The van der Waals surface area contributed by atoms with Crippen LogP contribution in [0.4, 0.5) is 5.69 Å². The van der Waals surface area contributed by atoms with Crippen LogP contribution in [0, 0.1) is 10.1 Å². The van der Waals surface area contributed by atoms with E-state index in [1.54, 1.807) is 0 Å². The quantitative estimate of drug-likeness (QED) is 0.393. The molecular formula is C6H9N3O5. The maximum absolute atomic E-state index is 11.1. The molecule has 2 N–H and O–H groups in total. The SMILES string of the molecule is Cn1cc([N+](=O)[O-])c(=O)n(C)c1=O.O. The molecule has 0 unspecified atom stereocenters. The smallest absolute Gasteiger partial charge is 0.350 e. The standard InChI is InChI=1S/C6H7N3O4.H2O/c1-7-3-4(9(12)13)5(10)8(2)6(7)11;/h3H,1-2H3;1H2. The Bertz CT molecular complexity index is 471. The van der Waals surface area contributed by atoms with Crippen molar-refractivity contribution in [3.63, 3.8) is 0 Å². The summed E-state index contributed by atoms with van der Waals surface area (Å²) in [6.07, 6.45) is 0.907. The van der Waals surface area contributed by atoms with Gasteiger partial charge in [-0.25, -0.2) is 4.79 Å². The van der Waals surface area contributed by atoms with Crippen molar-refractivity contribution >= 4 is 5.69 Å². The monoisotopic (exact) mass is 203 g/mol. The summed E-state index contributed by atoms with van der Waals surface area (Å²) < 4.78 is 1.68. The van der Waals surface area contributed by atoms with Gasteiger partial charge in [-0.15, -0.1) is 0 Å². The van der Waals surface area contributed by atoms with E-state index in [1.165, 1.54) is 14.1 Å². The molecule has 0 aliphatic rings. The summed E-state index contributed by atoms with van der Waals surface area (Å²) in [6, 6.07) is 0. The Morgan fingerprint density at radius 2 is 1.86 bits per heavy atom. The Hall–Kier alpha value is -1.96. The molecule has 0 aromatic carbocycles. The fraction of sp³-hybridized carbons (Fsp3) is 0.333. The van der Waals surface area contributed by atoms with Crippen molar-refractivity contribution in [3.05, 3.63) is 37.1 Å². The summed E-state index contributed by atoms with van der Waals surface area (Å²) in [4.78, 5) is 31.7. The van der Waals surface area contributed by atoms with Gasteiger partial charge in [-0.3, -0.25) is 24.0 Å². The molecule has 0 bridgehead atoms. The summed E-state index contributed by atoms with van der Waals surface area (Å²) in [6.45, 7) is 0. The first-order chi connectivity index (χ1) is 5.95. The minimum atomic E-state index is -0.895. The first-order valence-electron chi connectivity index (χ1n) is 3.36. The summed E-state index contributed by atoms with van der Waals surface area (Å²) in [5.74, 6) is 0. The Labute approximate surface area is 77.5 Å². The molecule has 0 saturated heterocycles. The summed E-state index contributed by atoms with van der Waals surface area (Å²) in [5, 5.41) is 10.3. The van der Waals surface area contributed by atoms with Gasteiger partial charge in [-0.1, -0.05) is 0 Å². The third kappa shape index (κ3) is 1.69. The van der Waals surface area contributed by atoms with Gasteiger partial charge in [0.25, 0.3) is 0 Å². The van der Waals surface area contributed by atoms with Crippen molar-refractivity contribution in [2.45, 2.75) is 0 Å². The molecule has 0 aliphatic heterocycles. The zero-order valence-corrected chi connectivity index (χ0v) is 7.55. The molecule has 0 fully saturated rings. The number of hydrogen-bond donors (Lipinski definition) is 0. The van der Waals surface area contributed by atoms with Crippen LogP contribution in [0.3, 0.4) is 0 Å². The molecule has 14 heavy (non-hydrogen) atoms. The van der Waals surface area contributed by atoms with Crippen molar-refractivity contribution in [3.8, 4) is 0 Å². The summed E-state index contributed by atoms with van der Waals surface area (Å²) in [7, 11) is 2.53. The van der Waals surface area contributed by atoms with E-state index in [0.29, 0.717) is 4.57 Å². The summed E-state index contributed by atoms with van der Waals surface area (Å²) in [5.41, 5.74) is -2.09. The Kier molecular flexibility index (Phi) is 3.30. The molecule has 8 nitrogen and oxygen atoms in total. The second kappa shape index (κ2) is 3.83. The lowest BCUT2D eigenvalue weighted by molar-refractivity contribution is -0.387. The maximum atomic E-state index is 11.1. The highest BCUT2D eigenvalue weighted by atomic mass is 16.6. The van der Waals surface area contributed by atoms with E-state index in [1.807, 2.05) is 0 Å². The number of nitrogens with zero attached hydrogens (tertiary/aromatic N) is 3. The highest BCUT2D eigenvalue weighted by Gasteiger charge is 2.15. The lowest BCUT2D eigenvalue weighted by Crippen LogP contribution is -2.37. The molecule has 1 aromatic rings. The van der Waals surface area contributed by atoms with Gasteiger partial charge in [0.15, 0.2) is 0 Å². The van der Waals surface area contributed by atoms with Crippen LogP contribution < -0.4 is 11.2 Å². The Morgan fingerprint density at radius 1 is 1.36 bits per heavy atom. The van der Waals surface area contributed by atoms with Crippen LogP contribution in [0.2, 0.25) is 0 Å². The first-order valence-corrected chi connectivity index (χ1v) is 3.36. The molecule has 0 saturated carbocycles. The topological polar surface area (TPSA) is 119 Å². The average Bonchev–Trinajstić information content (AvgIpc) is 2.07. The minimum absolute atomic E-state index is 0. The molecule has 8 heteroatoms. The zero-order valence-electron chi connectivity index (χ0n) is 7.55. The van der Waals surface area contributed by atoms with Gasteiger partial charge in [-0.05, 0) is 0 Å². The van der Waals surface area contributed by atoms with Gasteiger partial charge < -0.3 is 5.48 Å². The highest BCUT2D eigenvalue weighted by molar-refractivity contribution is 5.21. The molecule has 0 amide bonds. The van der Waals surface area contributed by atoms with E-state index < -0.39 is 21.9 Å². The van der Waals surface area contributed by atoms with E-state index in [-0.39, 0.29) is 5.48 Å². The maximum Gasteiger partial charge on any atom is 0.350 e. The minimum Gasteiger partial charge on any atom is -0.412 e. The normalized spacial score (nSPS) is 9.29. The highest BCUT2D eigenvalue weighted by Crippen LogP contribution is 1.97. The third-order valence-corrected chi connectivity index (χ3v) is 1.63. The number of rotatable bonds is 1. The molecule has 0 atom stereocenters. The predicted octanol–water partition coefficient (Wildman–Crippen LogP) is -1.83. The van der Waals surface area contributed by atoms with E-state index >= 15 is 0 Å². The van der Waals surface area contributed by atoms with E-state index in [9.17, 15) is 19.7 Å². The van der Waals surface area contributed by atoms with Crippen molar-refractivity contribution in [2.24, 2.45) is 14.1 Å². The van der Waals surface area contributed by atoms with Crippen LogP contribution in [0.25, 0.3) is 0 Å². The predicted molar refractivity (Wildman–Crippen MR) is 47.2 cm³/mol. The fourth-order valence-corrected chi connectivity index (χ4v) is 0.914. The number of nitro groups is 1. The lowest BCUT2D eigenvalue weighted by atomic mass is 10.5. The molecule has 1 rings (SSSR count). The van der Waals surface area contributed by atoms with Crippen LogP contribution >= 0.6 is 0 Å². The molecule has 1 aromatic heterocycles. The van der Waals surface area contributed by atoms with Crippen LogP contribution in [-0.2, 0) is 14.1 Å². The molecule has 0 radical (unpaired) electrons. The van der Waals surface area contributed by atoms with Crippen molar-refractivity contribution in [1.29, 1.82) is 0 Å². The van der Waals surface area contributed by atoms with Crippen molar-refractivity contribution in [1.82, 2.24) is 9.13 Å². The van der Waals surface area contributed by atoms with E-state index in [0.717, 1.165) is 10.8 Å². The average molecular weight is 203 g/mol. The second-order valence-electron chi connectivity index (χ2n) is 2.53. The van der Waals surface area contributed by atoms with Gasteiger partial charge >= 0.3 is 16.9 Å². The van der Waals surface area contributed by atoms with Gasteiger partial charge in [0.1, 0.15) is 0 Å². The third-order valence-electron chi connectivity index (χ3n) is 1.63. The molecular weight excluding hydrogens is 194 g/mol. The van der Waals surface area contributed by atoms with Crippen LogP contribution in [0.1, 0.15) is 0 Å². The number of aromatic nitrogens is 2. The summed E-state index contributed by atoms with van der Waals surface area (Å²) >= 11 is 0. The lowest BCUT2D eigenvalue weighted by Gasteiger charge is -1.99. The Balaban J connectivity index is 0.00000169. The number of aryl methyl sites for hydroxylation is 1. The largest absolute Gasteiger partial charge is 0.412 e. The molecule has 0 aliphatic carbocycles. The Morgan fingerprint density at radius 3 is 2.29 bits per heavy atom. The van der Waals surface area contributed by atoms with Gasteiger partial charge in [0, 0.05) is 14.1 Å². The molecule has 78 valence electrons. The van der Waals surface area contributed by atoms with E-state index in [4.69, 9.17) is 0 Å². The van der Waals surface area contributed by atoms with Gasteiger partial charge in [0.2, 0.25) is 0 Å². The zero-order chi connectivity index (χ0) is 10.2. The van der Waals surface area contributed by atoms with Gasteiger partial charge in [0.05, 0.1) is 11.1 Å². The number of hydrogen-bond acceptors (Lipinski definition) is 4.